The molecule has 0 N–H and O–H groups in total. The van der Waals surface area contributed by atoms with E-state index < -0.39 is 17.9 Å². The summed E-state index contributed by atoms with van der Waals surface area (Å²) in [6.45, 7) is 3.43. The van der Waals surface area contributed by atoms with Crippen LogP contribution in [-0.4, -0.2) is 10.5 Å². The minimum Gasteiger partial charge on any atom is -0.454 e. The Balaban J connectivity index is 2.20. The van der Waals surface area contributed by atoms with Gasteiger partial charge in [-0.3, -0.25) is 4.79 Å². The lowest BCUT2D eigenvalue weighted by atomic mass is 10.1. The van der Waals surface area contributed by atoms with Gasteiger partial charge in [0.1, 0.15) is 11.9 Å². The SMILES string of the molecule is Cc1ccc(F)c(C(C)OC(=O)c2ccn(C)c(=O)c2)c1. The van der Waals surface area contributed by atoms with Gasteiger partial charge in [0.25, 0.3) is 5.56 Å². The van der Waals surface area contributed by atoms with Crippen molar-refractivity contribution in [1.82, 2.24) is 4.57 Å². The fourth-order valence-electron chi connectivity index (χ4n) is 1.94. The second-order valence-corrected chi connectivity index (χ2v) is 4.94. The third-order valence-electron chi connectivity index (χ3n) is 3.21. The molecule has 0 amide bonds. The van der Waals surface area contributed by atoms with Gasteiger partial charge in [0.2, 0.25) is 0 Å². The van der Waals surface area contributed by atoms with E-state index in [9.17, 15) is 14.0 Å². The predicted octanol–water partition coefficient (Wildman–Crippen LogP) is 2.75. The Morgan fingerprint density at radius 1 is 1.29 bits per heavy atom. The molecule has 1 unspecified atom stereocenters. The summed E-state index contributed by atoms with van der Waals surface area (Å²) in [7, 11) is 1.59. The summed E-state index contributed by atoms with van der Waals surface area (Å²) >= 11 is 0. The second-order valence-electron chi connectivity index (χ2n) is 4.94. The van der Waals surface area contributed by atoms with E-state index in [0.717, 1.165) is 5.56 Å². The first-order valence-corrected chi connectivity index (χ1v) is 6.52. The van der Waals surface area contributed by atoms with Crippen LogP contribution in [0.1, 0.15) is 34.5 Å². The lowest BCUT2D eigenvalue weighted by Gasteiger charge is -2.15. The standard InChI is InChI=1S/C16H16FNO3/c1-10-4-5-14(17)13(8-10)11(2)21-16(20)12-6-7-18(3)15(19)9-12/h4-9,11H,1-3H3. The number of rotatable bonds is 3. The van der Waals surface area contributed by atoms with Crippen LogP contribution in [0.2, 0.25) is 0 Å². The van der Waals surface area contributed by atoms with Gasteiger partial charge in [-0.05, 0) is 32.0 Å². The minimum atomic E-state index is -0.735. The molecule has 0 bridgehead atoms. The van der Waals surface area contributed by atoms with Gasteiger partial charge in [-0.1, -0.05) is 11.6 Å². The number of ether oxygens (including phenoxy) is 1. The third-order valence-corrected chi connectivity index (χ3v) is 3.21. The van der Waals surface area contributed by atoms with Crippen LogP contribution in [0.25, 0.3) is 0 Å². The quantitative estimate of drug-likeness (QED) is 0.816. The lowest BCUT2D eigenvalue weighted by Crippen LogP contribution is -2.18. The van der Waals surface area contributed by atoms with Crippen LogP contribution in [0.5, 0.6) is 0 Å². The Hall–Kier alpha value is -2.43. The Kier molecular flexibility index (Phi) is 4.21. The average molecular weight is 289 g/mol. The van der Waals surface area contributed by atoms with E-state index in [0.29, 0.717) is 5.56 Å². The molecule has 0 aliphatic carbocycles. The van der Waals surface area contributed by atoms with E-state index >= 15 is 0 Å². The molecule has 0 saturated heterocycles. The van der Waals surface area contributed by atoms with Gasteiger partial charge >= 0.3 is 5.97 Å². The molecule has 0 aliphatic heterocycles. The molecule has 2 aromatic rings. The molecule has 1 aromatic carbocycles. The predicted molar refractivity (Wildman–Crippen MR) is 76.7 cm³/mol. The highest BCUT2D eigenvalue weighted by Crippen LogP contribution is 2.22. The zero-order valence-electron chi connectivity index (χ0n) is 12.1. The van der Waals surface area contributed by atoms with Crippen LogP contribution in [0.4, 0.5) is 4.39 Å². The molecule has 0 spiro atoms. The Morgan fingerprint density at radius 2 is 2.00 bits per heavy atom. The number of hydrogen-bond donors (Lipinski definition) is 0. The molecular weight excluding hydrogens is 273 g/mol. The van der Waals surface area contributed by atoms with Gasteiger partial charge in [-0.25, -0.2) is 9.18 Å². The molecule has 1 aromatic heterocycles. The molecule has 1 atom stereocenters. The maximum atomic E-state index is 13.7. The number of halogens is 1. The highest BCUT2D eigenvalue weighted by atomic mass is 19.1. The van der Waals surface area contributed by atoms with Crippen molar-refractivity contribution in [3.05, 3.63) is 69.4 Å². The van der Waals surface area contributed by atoms with Crippen molar-refractivity contribution in [1.29, 1.82) is 0 Å². The van der Waals surface area contributed by atoms with Crippen LogP contribution in [-0.2, 0) is 11.8 Å². The van der Waals surface area contributed by atoms with Gasteiger partial charge in [-0.2, -0.15) is 0 Å². The number of nitrogens with zero attached hydrogens (tertiary/aromatic N) is 1. The van der Waals surface area contributed by atoms with E-state index in [4.69, 9.17) is 4.74 Å². The maximum Gasteiger partial charge on any atom is 0.338 e. The van der Waals surface area contributed by atoms with Crippen LogP contribution < -0.4 is 5.56 Å². The smallest absolute Gasteiger partial charge is 0.338 e. The number of carbonyl (C=O) groups excluding carboxylic acids is 1. The molecule has 0 radical (unpaired) electrons. The third kappa shape index (κ3) is 3.37. The molecule has 0 fully saturated rings. The van der Waals surface area contributed by atoms with Gasteiger partial charge in [0.15, 0.2) is 0 Å². The summed E-state index contributed by atoms with van der Waals surface area (Å²) in [5.74, 6) is -1.08. The van der Waals surface area contributed by atoms with Crippen molar-refractivity contribution in [3.8, 4) is 0 Å². The van der Waals surface area contributed by atoms with Crippen molar-refractivity contribution in [2.45, 2.75) is 20.0 Å². The maximum absolute atomic E-state index is 13.7. The van der Waals surface area contributed by atoms with Crippen molar-refractivity contribution in [2.24, 2.45) is 7.05 Å². The number of esters is 1. The second kappa shape index (κ2) is 5.91. The first-order valence-electron chi connectivity index (χ1n) is 6.52. The van der Waals surface area contributed by atoms with Crippen LogP contribution in [0, 0.1) is 12.7 Å². The topological polar surface area (TPSA) is 48.3 Å². The number of hydrogen-bond acceptors (Lipinski definition) is 3. The van der Waals surface area contributed by atoms with E-state index in [2.05, 4.69) is 0 Å². The largest absolute Gasteiger partial charge is 0.454 e. The van der Waals surface area contributed by atoms with Gasteiger partial charge in [0, 0.05) is 24.9 Å². The Morgan fingerprint density at radius 3 is 2.67 bits per heavy atom. The van der Waals surface area contributed by atoms with E-state index in [1.807, 2.05) is 6.92 Å². The molecule has 0 saturated carbocycles. The number of aryl methyl sites for hydroxylation is 2. The highest BCUT2D eigenvalue weighted by Gasteiger charge is 2.17. The zero-order valence-corrected chi connectivity index (χ0v) is 12.1. The average Bonchev–Trinajstić information content (AvgIpc) is 2.44. The number of carbonyl (C=O) groups is 1. The molecule has 0 aliphatic rings. The van der Waals surface area contributed by atoms with Gasteiger partial charge in [0.05, 0.1) is 5.56 Å². The lowest BCUT2D eigenvalue weighted by molar-refractivity contribution is 0.0331. The van der Waals surface area contributed by atoms with Crippen LogP contribution in [0.3, 0.4) is 0 Å². The number of benzene rings is 1. The molecule has 110 valence electrons. The fourth-order valence-corrected chi connectivity index (χ4v) is 1.94. The van der Waals surface area contributed by atoms with Crippen molar-refractivity contribution in [2.75, 3.05) is 0 Å². The number of pyridine rings is 1. The van der Waals surface area contributed by atoms with Crippen LogP contribution >= 0.6 is 0 Å². The molecular formula is C16H16FNO3. The van der Waals surface area contributed by atoms with Gasteiger partial charge < -0.3 is 9.30 Å². The first kappa shape index (κ1) is 15.0. The van der Waals surface area contributed by atoms with Crippen LogP contribution in [0.15, 0.2) is 41.3 Å². The molecule has 1 heterocycles. The van der Waals surface area contributed by atoms with Gasteiger partial charge in [-0.15, -0.1) is 0 Å². The van der Waals surface area contributed by atoms with E-state index in [1.54, 1.807) is 26.1 Å². The van der Waals surface area contributed by atoms with E-state index in [-0.39, 0.29) is 11.1 Å². The molecule has 2 rings (SSSR count). The van der Waals surface area contributed by atoms with Crippen molar-refractivity contribution >= 4 is 5.97 Å². The molecule has 5 heteroatoms. The summed E-state index contributed by atoms with van der Waals surface area (Å²) in [5, 5.41) is 0. The van der Waals surface area contributed by atoms with E-state index in [1.165, 1.54) is 29.0 Å². The highest BCUT2D eigenvalue weighted by molar-refractivity contribution is 5.89. The first-order chi connectivity index (χ1) is 9.88. The summed E-state index contributed by atoms with van der Waals surface area (Å²) in [4.78, 5) is 23.5. The van der Waals surface area contributed by atoms with Crippen molar-refractivity contribution < 1.29 is 13.9 Å². The zero-order chi connectivity index (χ0) is 15.6. The summed E-state index contributed by atoms with van der Waals surface area (Å²) in [6.07, 6.45) is 0.748. The van der Waals surface area contributed by atoms with Crippen molar-refractivity contribution in [3.63, 3.8) is 0 Å². The normalized spacial score (nSPS) is 12.0. The fraction of sp³-hybridized carbons (Fsp3) is 0.250. The number of aromatic nitrogens is 1. The monoisotopic (exact) mass is 289 g/mol. The summed E-state index contributed by atoms with van der Waals surface area (Å²) in [5.41, 5.74) is 1.03. The minimum absolute atomic E-state index is 0.151. The Bertz CT molecular complexity index is 737. The molecule has 21 heavy (non-hydrogen) atoms. The molecule has 4 nitrogen and oxygen atoms in total. The summed E-state index contributed by atoms with van der Waals surface area (Å²) < 4.78 is 20.3. The summed E-state index contributed by atoms with van der Waals surface area (Å²) in [6, 6.07) is 7.31. The Labute approximate surface area is 121 Å².